The van der Waals surface area contributed by atoms with Gasteiger partial charge in [-0.1, -0.05) is 30.3 Å². The summed E-state index contributed by atoms with van der Waals surface area (Å²) in [4.78, 5) is 28.8. The van der Waals surface area contributed by atoms with E-state index in [1.807, 2.05) is 46.9 Å². The second-order valence-corrected chi connectivity index (χ2v) is 12.1. The van der Waals surface area contributed by atoms with E-state index in [2.05, 4.69) is 39.1 Å². The second kappa shape index (κ2) is 11.3. The Kier molecular flexibility index (Phi) is 7.24. The summed E-state index contributed by atoms with van der Waals surface area (Å²) in [5.41, 5.74) is 4.62. The monoisotopic (exact) mass is 569 g/mol. The van der Waals surface area contributed by atoms with Gasteiger partial charge in [-0.05, 0) is 58.5 Å². The number of piperidine rings is 1. The fraction of sp³-hybridized carbons (Fsp3) is 0.344. The Bertz CT molecular complexity index is 1480. The summed E-state index contributed by atoms with van der Waals surface area (Å²) in [6.07, 6.45) is 5.20. The highest BCUT2D eigenvalue weighted by molar-refractivity contribution is 7.12. The van der Waals surface area contributed by atoms with Crippen molar-refractivity contribution in [1.29, 1.82) is 0 Å². The fourth-order valence-corrected chi connectivity index (χ4v) is 7.09. The zero-order chi connectivity index (χ0) is 27.8. The van der Waals surface area contributed by atoms with E-state index in [0.29, 0.717) is 66.9 Å². The topological polar surface area (TPSA) is 61.8 Å². The normalized spacial score (nSPS) is 22.0. The lowest BCUT2D eigenvalue weighted by Crippen LogP contribution is -2.37. The number of amides is 1. The molecular formula is C32H32FN5O2S. The van der Waals surface area contributed by atoms with Crippen LogP contribution in [0, 0.1) is 23.6 Å². The molecule has 3 aliphatic rings. The third-order valence-electron chi connectivity index (χ3n) is 8.67. The first-order valence-electron chi connectivity index (χ1n) is 14.2. The van der Waals surface area contributed by atoms with Gasteiger partial charge in [0.05, 0.1) is 23.8 Å². The number of likely N-dealkylation sites (tertiary alicyclic amines) is 1. The molecule has 7 nitrogen and oxygen atoms in total. The maximum atomic E-state index is 15.3. The Balaban J connectivity index is 1.01. The van der Waals surface area contributed by atoms with Crippen LogP contribution in [0.25, 0.3) is 11.1 Å². The summed E-state index contributed by atoms with van der Waals surface area (Å²) < 4.78 is 20.8. The molecular weight excluding hydrogens is 537 g/mol. The minimum absolute atomic E-state index is 0.0516. The molecule has 7 rings (SSSR count). The molecule has 0 spiro atoms. The number of anilines is 2. The van der Waals surface area contributed by atoms with Gasteiger partial charge in [0, 0.05) is 62.9 Å². The highest BCUT2D eigenvalue weighted by Gasteiger charge is 2.56. The van der Waals surface area contributed by atoms with Crippen molar-refractivity contribution in [2.75, 3.05) is 55.7 Å². The summed E-state index contributed by atoms with van der Waals surface area (Å²) in [5.74, 6) is 1.21. The van der Waals surface area contributed by atoms with Crippen LogP contribution < -0.4 is 9.80 Å². The van der Waals surface area contributed by atoms with Crippen molar-refractivity contribution in [2.45, 2.75) is 6.54 Å². The Morgan fingerprint density at radius 1 is 1.00 bits per heavy atom. The molecule has 0 bridgehead atoms. The Labute approximate surface area is 243 Å². The van der Waals surface area contributed by atoms with Crippen LogP contribution >= 0.6 is 11.3 Å². The number of carbonyl (C=O) groups is 1. The highest BCUT2D eigenvalue weighted by atomic mass is 32.1. The van der Waals surface area contributed by atoms with E-state index < -0.39 is 0 Å². The number of thiophene rings is 1. The van der Waals surface area contributed by atoms with E-state index in [-0.39, 0.29) is 11.7 Å². The third-order valence-corrected chi connectivity index (χ3v) is 9.52. The molecule has 2 unspecified atom stereocenters. The number of halogens is 1. The second-order valence-electron chi connectivity index (χ2n) is 11.1. The van der Waals surface area contributed by atoms with Crippen LogP contribution in [0.2, 0.25) is 0 Å². The minimum Gasteiger partial charge on any atom is -0.378 e. The first-order valence-corrected chi connectivity index (χ1v) is 15.1. The Morgan fingerprint density at radius 3 is 2.44 bits per heavy atom. The lowest BCUT2D eigenvalue weighted by atomic mass is 10.1. The van der Waals surface area contributed by atoms with Crippen LogP contribution in [0.1, 0.15) is 15.2 Å². The first kappa shape index (κ1) is 26.3. The third kappa shape index (κ3) is 5.49. The van der Waals surface area contributed by atoms with E-state index in [9.17, 15) is 4.79 Å². The summed E-state index contributed by atoms with van der Waals surface area (Å²) >= 11 is 1.43. The first-order chi connectivity index (χ1) is 20.1. The van der Waals surface area contributed by atoms with Gasteiger partial charge in [-0.3, -0.25) is 9.69 Å². The van der Waals surface area contributed by atoms with Crippen LogP contribution in [-0.2, 0) is 11.3 Å². The molecule has 3 fully saturated rings. The summed E-state index contributed by atoms with van der Waals surface area (Å²) in [5, 5.41) is 1.91. The van der Waals surface area contributed by atoms with Gasteiger partial charge in [-0.2, -0.15) is 0 Å². The van der Waals surface area contributed by atoms with Crippen molar-refractivity contribution >= 4 is 28.6 Å². The van der Waals surface area contributed by atoms with Gasteiger partial charge >= 0.3 is 0 Å². The van der Waals surface area contributed by atoms with Crippen LogP contribution in [0.15, 0.2) is 78.7 Å². The molecule has 4 aromatic rings. The lowest BCUT2D eigenvalue weighted by molar-refractivity contribution is 0.0988. The smallest absolute Gasteiger partial charge is 0.268 e. The molecule has 1 aliphatic carbocycles. The molecule has 2 aromatic heterocycles. The molecule has 1 amide bonds. The zero-order valence-corrected chi connectivity index (χ0v) is 23.5. The van der Waals surface area contributed by atoms with Crippen LogP contribution in [0.3, 0.4) is 0 Å². The van der Waals surface area contributed by atoms with Crippen molar-refractivity contribution in [3.63, 3.8) is 0 Å². The number of aromatic nitrogens is 2. The molecule has 2 aromatic carbocycles. The van der Waals surface area contributed by atoms with Gasteiger partial charge in [-0.25, -0.2) is 14.4 Å². The zero-order valence-electron chi connectivity index (χ0n) is 22.7. The predicted octanol–water partition coefficient (Wildman–Crippen LogP) is 5.21. The van der Waals surface area contributed by atoms with Crippen molar-refractivity contribution < 1.29 is 13.9 Å². The minimum atomic E-state index is -0.290. The summed E-state index contributed by atoms with van der Waals surface area (Å²) in [6.45, 7) is 6.11. The maximum absolute atomic E-state index is 15.3. The highest BCUT2D eigenvalue weighted by Crippen LogP contribution is 2.52. The number of rotatable bonds is 8. The van der Waals surface area contributed by atoms with E-state index in [1.54, 1.807) is 11.2 Å². The number of fused-ring (bicyclic) bond motifs is 1. The maximum Gasteiger partial charge on any atom is 0.268 e. The number of morpholine rings is 1. The van der Waals surface area contributed by atoms with Crippen molar-refractivity contribution in [1.82, 2.24) is 14.9 Å². The molecule has 0 radical (unpaired) electrons. The molecule has 9 heteroatoms. The van der Waals surface area contributed by atoms with Crippen molar-refractivity contribution in [2.24, 2.45) is 17.8 Å². The van der Waals surface area contributed by atoms with Crippen LogP contribution in [0.4, 0.5) is 15.8 Å². The molecule has 210 valence electrons. The SMILES string of the molecule is O=C(c1cccs1)N(CC1C2CN(Cc3ccc(-c4cncnc4)cc3)CC21)c1ccc(N2CCOCC2)c(F)c1. The van der Waals surface area contributed by atoms with Crippen LogP contribution in [0.5, 0.6) is 0 Å². The van der Waals surface area contributed by atoms with Gasteiger partial charge < -0.3 is 14.5 Å². The summed E-state index contributed by atoms with van der Waals surface area (Å²) in [6, 6.07) is 17.6. The molecule has 0 N–H and O–H groups in total. The largest absolute Gasteiger partial charge is 0.378 e. The number of hydrogen-bond acceptors (Lipinski definition) is 7. The summed E-state index contributed by atoms with van der Waals surface area (Å²) in [7, 11) is 0. The number of nitrogens with zero attached hydrogens (tertiary/aromatic N) is 5. The molecule has 1 saturated carbocycles. The van der Waals surface area contributed by atoms with E-state index >= 15 is 4.39 Å². The molecule has 2 saturated heterocycles. The van der Waals surface area contributed by atoms with Gasteiger partial charge in [0.15, 0.2) is 0 Å². The number of benzene rings is 2. The van der Waals surface area contributed by atoms with Crippen molar-refractivity contribution in [3.05, 3.63) is 95.0 Å². The Hall–Kier alpha value is -3.66. The molecule has 2 aliphatic heterocycles. The molecule has 41 heavy (non-hydrogen) atoms. The van der Waals surface area contributed by atoms with Gasteiger partial charge in [0.25, 0.3) is 5.91 Å². The van der Waals surface area contributed by atoms with E-state index in [1.165, 1.54) is 23.0 Å². The predicted molar refractivity (Wildman–Crippen MR) is 159 cm³/mol. The quantitative estimate of drug-likeness (QED) is 0.291. The average molecular weight is 570 g/mol. The van der Waals surface area contributed by atoms with E-state index in [4.69, 9.17) is 4.74 Å². The number of ether oxygens (including phenoxy) is 1. The molecule has 4 heterocycles. The van der Waals surface area contributed by atoms with Crippen molar-refractivity contribution in [3.8, 4) is 11.1 Å². The number of carbonyl (C=O) groups excluding carboxylic acids is 1. The van der Waals surface area contributed by atoms with Crippen LogP contribution in [-0.4, -0.2) is 66.7 Å². The standard InChI is InChI=1S/C32H32FN5O2S/c33-29-14-25(7-8-30(29)37-9-11-40-12-10-37)38(32(39)31-2-1-13-41-31)20-28-26-18-36(19-27(26)28)17-22-3-5-23(6-4-22)24-15-34-21-35-16-24/h1-8,13-16,21,26-28H,9-12,17-20H2. The van der Waals surface area contributed by atoms with Gasteiger partial charge in [-0.15, -0.1) is 11.3 Å². The van der Waals surface area contributed by atoms with Gasteiger partial charge in [0.2, 0.25) is 0 Å². The number of hydrogen-bond donors (Lipinski definition) is 0. The fourth-order valence-electron chi connectivity index (χ4n) is 6.42. The van der Waals surface area contributed by atoms with E-state index in [0.717, 1.165) is 30.8 Å². The average Bonchev–Trinajstić information content (AvgIpc) is 3.37. The van der Waals surface area contributed by atoms with Gasteiger partial charge in [0.1, 0.15) is 12.1 Å². The Morgan fingerprint density at radius 2 is 1.76 bits per heavy atom. The molecule has 2 atom stereocenters. The lowest BCUT2D eigenvalue weighted by Gasteiger charge is -2.30.